The highest BCUT2D eigenvalue weighted by Gasteiger charge is 2.25. The molecule has 1 aliphatic carbocycles. The number of carbonyl (C=O) groups excluding carboxylic acids is 2. The third-order valence-corrected chi connectivity index (χ3v) is 4.60. The molecule has 0 unspecified atom stereocenters. The lowest BCUT2D eigenvalue weighted by atomic mass is 10.1. The van der Waals surface area contributed by atoms with Crippen molar-refractivity contribution >= 4 is 22.8 Å². The first kappa shape index (κ1) is 16.6. The van der Waals surface area contributed by atoms with E-state index in [1.807, 2.05) is 17.6 Å². The molecule has 5 nitrogen and oxygen atoms in total. The lowest BCUT2D eigenvalue weighted by Gasteiger charge is -2.10. The van der Waals surface area contributed by atoms with Crippen LogP contribution in [0, 0.1) is 5.92 Å². The molecular formula is C19H23NO4. The highest BCUT2D eigenvalue weighted by molar-refractivity contribution is 6.05. The number of fused-ring (bicyclic) bond motifs is 1. The van der Waals surface area contributed by atoms with Gasteiger partial charge in [-0.3, -0.25) is 4.79 Å². The number of hydrogen-bond acceptors (Lipinski definition) is 4. The van der Waals surface area contributed by atoms with Crippen LogP contribution in [0.4, 0.5) is 0 Å². The maximum absolute atomic E-state index is 12.2. The average Bonchev–Trinajstić information content (AvgIpc) is 3.22. The summed E-state index contributed by atoms with van der Waals surface area (Å²) in [5, 5.41) is 0.757. The Balaban J connectivity index is 1.92. The number of benzene rings is 1. The maximum Gasteiger partial charge on any atom is 0.340 e. The second-order valence-electron chi connectivity index (χ2n) is 6.13. The summed E-state index contributed by atoms with van der Waals surface area (Å²) in [4.78, 5) is 24.4. The van der Waals surface area contributed by atoms with Crippen molar-refractivity contribution in [2.45, 2.75) is 46.1 Å². The van der Waals surface area contributed by atoms with Crippen molar-refractivity contribution in [1.82, 2.24) is 4.57 Å². The van der Waals surface area contributed by atoms with Crippen LogP contribution in [0.25, 0.3) is 10.9 Å². The van der Waals surface area contributed by atoms with Gasteiger partial charge in [0.2, 0.25) is 0 Å². The Hall–Kier alpha value is -2.30. The molecule has 0 spiro atoms. The molecule has 1 aromatic heterocycles. The Morgan fingerprint density at radius 3 is 2.62 bits per heavy atom. The largest absolute Gasteiger partial charge is 0.462 e. The first-order valence-corrected chi connectivity index (χ1v) is 8.65. The number of carbonyl (C=O) groups is 2. The average molecular weight is 329 g/mol. The minimum atomic E-state index is -0.353. The van der Waals surface area contributed by atoms with Crippen molar-refractivity contribution in [3.63, 3.8) is 0 Å². The third-order valence-electron chi connectivity index (χ3n) is 4.60. The predicted octanol–water partition coefficient (Wildman–Crippen LogP) is 3.93. The maximum atomic E-state index is 12.2. The van der Waals surface area contributed by atoms with E-state index in [9.17, 15) is 9.59 Å². The van der Waals surface area contributed by atoms with Crippen LogP contribution in [0.2, 0.25) is 0 Å². The van der Waals surface area contributed by atoms with Crippen LogP contribution in [0.5, 0.6) is 5.75 Å². The number of esters is 2. The van der Waals surface area contributed by atoms with Gasteiger partial charge in [-0.05, 0) is 44.9 Å². The molecule has 0 bridgehead atoms. The van der Waals surface area contributed by atoms with E-state index >= 15 is 0 Å². The van der Waals surface area contributed by atoms with Gasteiger partial charge in [0.25, 0.3) is 0 Å². The van der Waals surface area contributed by atoms with Crippen LogP contribution in [-0.4, -0.2) is 23.1 Å². The Labute approximate surface area is 141 Å². The summed E-state index contributed by atoms with van der Waals surface area (Å²) in [5.74, 6) is -0.0299. The fraction of sp³-hybridized carbons (Fsp3) is 0.474. The zero-order chi connectivity index (χ0) is 17.1. The van der Waals surface area contributed by atoms with Crippen LogP contribution >= 0.6 is 0 Å². The molecule has 1 aromatic carbocycles. The SMILES string of the molecule is CCOC(=O)c1cn(CC)c2ccc(OC(=O)C3CCCC3)cc12. The van der Waals surface area contributed by atoms with Gasteiger partial charge in [0.1, 0.15) is 5.75 Å². The minimum absolute atomic E-state index is 0.00506. The quantitative estimate of drug-likeness (QED) is 0.616. The molecule has 0 N–H and O–H groups in total. The number of ether oxygens (including phenoxy) is 2. The van der Waals surface area contributed by atoms with Crippen molar-refractivity contribution in [3.8, 4) is 5.75 Å². The molecule has 1 saturated carbocycles. The van der Waals surface area contributed by atoms with E-state index in [1.54, 1.807) is 25.3 Å². The Morgan fingerprint density at radius 1 is 1.21 bits per heavy atom. The first-order valence-electron chi connectivity index (χ1n) is 8.65. The van der Waals surface area contributed by atoms with Gasteiger partial charge in [0.05, 0.1) is 18.1 Å². The zero-order valence-corrected chi connectivity index (χ0v) is 14.2. The molecule has 0 atom stereocenters. The molecule has 3 rings (SSSR count). The summed E-state index contributed by atoms with van der Waals surface area (Å²) in [6.07, 6.45) is 5.78. The van der Waals surface area contributed by atoms with Crippen molar-refractivity contribution in [2.24, 2.45) is 5.92 Å². The topological polar surface area (TPSA) is 57.5 Å². The fourth-order valence-corrected chi connectivity index (χ4v) is 3.33. The smallest absolute Gasteiger partial charge is 0.340 e. The monoisotopic (exact) mass is 329 g/mol. The van der Waals surface area contributed by atoms with E-state index in [0.29, 0.717) is 17.9 Å². The summed E-state index contributed by atoms with van der Waals surface area (Å²) in [6.45, 7) is 4.87. The number of hydrogen-bond donors (Lipinski definition) is 0. The number of aryl methyl sites for hydroxylation is 1. The lowest BCUT2D eigenvalue weighted by Crippen LogP contribution is -2.17. The highest BCUT2D eigenvalue weighted by atomic mass is 16.5. The fourth-order valence-electron chi connectivity index (χ4n) is 3.33. The van der Waals surface area contributed by atoms with Gasteiger partial charge in [0.15, 0.2) is 0 Å². The van der Waals surface area contributed by atoms with Gasteiger partial charge in [-0.25, -0.2) is 4.79 Å². The summed E-state index contributed by atoms with van der Waals surface area (Å²) < 4.78 is 12.7. The van der Waals surface area contributed by atoms with Gasteiger partial charge in [-0.1, -0.05) is 12.8 Å². The van der Waals surface area contributed by atoms with Gasteiger partial charge in [-0.2, -0.15) is 0 Å². The minimum Gasteiger partial charge on any atom is -0.462 e. The van der Waals surface area contributed by atoms with Crippen molar-refractivity contribution < 1.29 is 19.1 Å². The highest BCUT2D eigenvalue weighted by Crippen LogP contribution is 2.30. The number of nitrogens with zero attached hydrogens (tertiary/aromatic N) is 1. The van der Waals surface area contributed by atoms with E-state index in [1.165, 1.54) is 0 Å². The molecule has 0 saturated heterocycles. The predicted molar refractivity (Wildman–Crippen MR) is 91.2 cm³/mol. The molecule has 1 aliphatic rings. The molecule has 1 fully saturated rings. The van der Waals surface area contributed by atoms with E-state index in [2.05, 4.69) is 0 Å². The van der Waals surface area contributed by atoms with E-state index < -0.39 is 0 Å². The summed E-state index contributed by atoms with van der Waals surface area (Å²) >= 11 is 0. The number of rotatable bonds is 5. The first-order chi connectivity index (χ1) is 11.6. The molecule has 0 amide bonds. The van der Waals surface area contributed by atoms with Gasteiger partial charge in [0, 0.05) is 23.6 Å². The van der Waals surface area contributed by atoms with E-state index in [4.69, 9.17) is 9.47 Å². The van der Waals surface area contributed by atoms with Crippen LogP contribution < -0.4 is 4.74 Å². The molecular weight excluding hydrogens is 306 g/mol. The Bertz CT molecular complexity index is 756. The van der Waals surface area contributed by atoms with Crippen molar-refractivity contribution in [2.75, 3.05) is 6.61 Å². The molecule has 0 aliphatic heterocycles. The van der Waals surface area contributed by atoms with Crippen molar-refractivity contribution in [3.05, 3.63) is 30.0 Å². The van der Waals surface area contributed by atoms with Crippen LogP contribution in [0.15, 0.2) is 24.4 Å². The molecule has 0 radical (unpaired) electrons. The Morgan fingerprint density at radius 2 is 1.96 bits per heavy atom. The summed E-state index contributed by atoms with van der Waals surface area (Å²) in [7, 11) is 0. The van der Waals surface area contributed by atoms with Crippen LogP contribution in [0.1, 0.15) is 49.9 Å². The number of aromatic nitrogens is 1. The summed E-state index contributed by atoms with van der Waals surface area (Å²) in [5.41, 5.74) is 1.44. The Kier molecular flexibility index (Phi) is 4.88. The zero-order valence-electron chi connectivity index (χ0n) is 14.2. The second-order valence-corrected chi connectivity index (χ2v) is 6.13. The third kappa shape index (κ3) is 3.16. The van der Waals surface area contributed by atoms with E-state index in [0.717, 1.165) is 43.1 Å². The van der Waals surface area contributed by atoms with Gasteiger partial charge < -0.3 is 14.0 Å². The van der Waals surface area contributed by atoms with Gasteiger partial charge >= 0.3 is 11.9 Å². The van der Waals surface area contributed by atoms with Gasteiger partial charge in [-0.15, -0.1) is 0 Å². The molecule has 24 heavy (non-hydrogen) atoms. The molecule has 1 heterocycles. The normalized spacial score (nSPS) is 14.9. The lowest BCUT2D eigenvalue weighted by molar-refractivity contribution is -0.138. The molecule has 5 heteroatoms. The molecule has 128 valence electrons. The second kappa shape index (κ2) is 7.07. The molecule has 2 aromatic rings. The van der Waals surface area contributed by atoms with Crippen LogP contribution in [-0.2, 0) is 16.1 Å². The standard InChI is InChI=1S/C19H23NO4/c1-3-20-12-16(19(22)23-4-2)15-11-14(9-10-17(15)20)24-18(21)13-7-5-6-8-13/h9-13H,3-8H2,1-2H3. The van der Waals surface area contributed by atoms with Crippen LogP contribution in [0.3, 0.4) is 0 Å². The van der Waals surface area contributed by atoms with E-state index in [-0.39, 0.29) is 17.9 Å². The summed E-state index contributed by atoms with van der Waals surface area (Å²) in [6, 6.07) is 5.44. The van der Waals surface area contributed by atoms with Crippen molar-refractivity contribution in [1.29, 1.82) is 0 Å².